The topological polar surface area (TPSA) is 87.0 Å². The summed E-state index contributed by atoms with van der Waals surface area (Å²) in [7, 11) is -3.18. The van der Waals surface area contributed by atoms with Crippen LogP contribution in [0, 0.1) is 6.92 Å². The van der Waals surface area contributed by atoms with Crippen LogP contribution in [-0.2, 0) is 21.4 Å². The van der Waals surface area contributed by atoms with Gasteiger partial charge in [-0.25, -0.2) is 8.42 Å². The highest BCUT2D eigenvalue weighted by Gasteiger charge is 2.28. The Bertz CT molecular complexity index is 1020. The lowest BCUT2D eigenvalue weighted by Gasteiger charge is -2.33. The second-order valence-electron chi connectivity index (χ2n) is 7.70. The van der Waals surface area contributed by atoms with Crippen LogP contribution in [0.2, 0.25) is 0 Å². The molecule has 0 radical (unpaired) electrons. The number of rotatable bonds is 5. The lowest BCUT2D eigenvalue weighted by Crippen LogP contribution is -2.47. The molecule has 8 nitrogen and oxygen atoms in total. The van der Waals surface area contributed by atoms with E-state index in [-0.39, 0.29) is 11.7 Å². The van der Waals surface area contributed by atoms with Gasteiger partial charge >= 0.3 is 0 Å². The van der Waals surface area contributed by atoms with Gasteiger partial charge in [-0.3, -0.25) is 14.0 Å². The van der Waals surface area contributed by atoms with Gasteiger partial charge in [-0.2, -0.15) is 0 Å². The third-order valence-corrected chi connectivity index (χ3v) is 7.31. The van der Waals surface area contributed by atoms with Gasteiger partial charge in [-0.1, -0.05) is 17.3 Å². The van der Waals surface area contributed by atoms with Gasteiger partial charge in [0, 0.05) is 44.9 Å². The molecule has 1 aromatic heterocycles. The molecule has 0 unspecified atom stereocenters. The monoisotopic (exact) mass is 430 g/mol. The average Bonchev–Trinajstić information content (AvgIpc) is 3.31. The number of aromatic nitrogens is 1. The van der Waals surface area contributed by atoms with Crippen molar-refractivity contribution in [2.75, 3.05) is 42.8 Å². The predicted molar refractivity (Wildman–Crippen MR) is 114 cm³/mol. The lowest BCUT2D eigenvalue weighted by molar-refractivity contribution is -0.127. The minimum Gasteiger partial charge on any atom is -0.360 e. The summed E-state index contributed by atoms with van der Waals surface area (Å²) in [6, 6.07) is 9.19. The van der Waals surface area contributed by atoms with Gasteiger partial charge < -0.3 is 9.42 Å². The SMILES string of the molecule is Cc1cc(CN2CCN(C(=O)/C=C/c3ccc(N4CCCS4(=O)=O)cc3)CC2)on1. The zero-order chi connectivity index (χ0) is 21.1. The predicted octanol–water partition coefficient (Wildman–Crippen LogP) is 1.88. The van der Waals surface area contributed by atoms with Crippen molar-refractivity contribution >= 4 is 27.7 Å². The Balaban J connectivity index is 1.29. The summed E-state index contributed by atoms with van der Waals surface area (Å²) < 4.78 is 30.7. The number of piperazine rings is 1. The second kappa shape index (κ2) is 8.61. The van der Waals surface area contributed by atoms with E-state index >= 15 is 0 Å². The molecule has 0 bridgehead atoms. The smallest absolute Gasteiger partial charge is 0.246 e. The fourth-order valence-corrected chi connectivity index (χ4v) is 5.36. The Morgan fingerprint density at radius 1 is 1.13 bits per heavy atom. The fourth-order valence-electron chi connectivity index (χ4n) is 3.79. The molecule has 1 aromatic carbocycles. The summed E-state index contributed by atoms with van der Waals surface area (Å²) in [5.41, 5.74) is 2.41. The standard InChI is InChI=1S/C21H26N4O4S/c1-17-15-20(29-22-17)16-23-10-12-24(13-11-23)21(26)8-5-18-3-6-19(7-4-18)25-9-2-14-30(25,27)28/h3-8,15H,2,9-14,16H2,1H3/b8-5+. The maximum absolute atomic E-state index is 12.5. The molecule has 1 amide bonds. The van der Waals surface area contributed by atoms with Crippen molar-refractivity contribution in [1.29, 1.82) is 0 Å². The Kier molecular flexibility index (Phi) is 5.92. The molecule has 0 spiro atoms. The molecule has 2 aromatic rings. The Labute approximate surface area is 176 Å². The maximum atomic E-state index is 12.5. The first-order valence-corrected chi connectivity index (χ1v) is 11.7. The number of carbonyl (C=O) groups excluding carboxylic acids is 1. The van der Waals surface area contributed by atoms with E-state index in [0.29, 0.717) is 38.3 Å². The molecular formula is C21H26N4O4S. The normalized spacial score (nSPS) is 19.6. The molecule has 2 aliphatic heterocycles. The Hall–Kier alpha value is -2.65. The minimum absolute atomic E-state index is 0.0173. The van der Waals surface area contributed by atoms with E-state index in [0.717, 1.165) is 30.1 Å². The molecule has 2 saturated heterocycles. The van der Waals surface area contributed by atoms with Crippen LogP contribution in [0.25, 0.3) is 6.08 Å². The number of nitrogens with zero attached hydrogens (tertiary/aromatic N) is 4. The van der Waals surface area contributed by atoms with Crippen molar-refractivity contribution in [3.63, 3.8) is 0 Å². The molecule has 30 heavy (non-hydrogen) atoms. The first-order chi connectivity index (χ1) is 14.4. The van der Waals surface area contributed by atoms with E-state index in [4.69, 9.17) is 4.52 Å². The molecule has 0 aliphatic carbocycles. The third-order valence-electron chi connectivity index (χ3n) is 5.44. The molecule has 160 valence electrons. The summed E-state index contributed by atoms with van der Waals surface area (Å²) in [5, 5.41) is 3.91. The van der Waals surface area contributed by atoms with Crippen LogP contribution in [0.1, 0.15) is 23.4 Å². The highest BCUT2D eigenvalue weighted by molar-refractivity contribution is 7.93. The quantitative estimate of drug-likeness (QED) is 0.673. The Morgan fingerprint density at radius 3 is 2.47 bits per heavy atom. The fraction of sp³-hybridized carbons (Fsp3) is 0.429. The molecule has 0 N–H and O–H groups in total. The van der Waals surface area contributed by atoms with Crippen LogP contribution >= 0.6 is 0 Å². The van der Waals surface area contributed by atoms with Crippen LogP contribution in [0.3, 0.4) is 0 Å². The van der Waals surface area contributed by atoms with E-state index in [2.05, 4.69) is 10.1 Å². The first kappa shape index (κ1) is 20.6. The molecule has 9 heteroatoms. The highest BCUT2D eigenvalue weighted by Crippen LogP contribution is 2.24. The average molecular weight is 431 g/mol. The molecule has 3 heterocycles. The summed E-state index contributed by atoms with van der Waals surface area (Å²) in [4.78, 5) is 16.6. The van der Waals surface area contributed by atoms with Crippen molar-refractivity contribution in [3.05, 3.63) is 53.4 Å². The van der Waals surface area contributed by atoms with Crippen LogP contribution in [0.4, 0.5) is 5.69 Å². The van der Waals surface area contributed by atoms with E-state index < -0.39 is 10.0 Å². The number of benzene rings is 1. The number of aryl methyl sites for hydroxylation is 1. The van der Waals surface area contributed by atoms with Crippen LogP contribution in [-0.4, -0.2) is 67.8 Å². The highest BCUT2D eigenvalue weighted by atomic mass is 32.2. The van der Waals surface area contributed by atoms with Crippen LogP contribution in [0.5, 0.6) is 0 Å². The van der Waals surface area contributed by atoms with Gasteiger partial charge in [0.2, 0.25) is 15.9 Å². The zero-order valence-electron chi connectivity index (χ0n) is 17.0. The number of hydrogen-bond donors (Lipinski definition) is 0. The zero-order valence-corrected chi connectivity index (χ0v) is 17.8. The van der Waals surface area contributed by atoms with Gasteiger partial charge in [0.05, 0.1) is 23.7 Å². The van der Waals surface area contributed by atoms with E-state index in [1.807, 2.05) is 30.0 Å². The van der Waals surface area contributed by atoms with Crippen molar-refractivity contribution in [2.24, 2.45) is 0 Å². The molecule has 2 fully saturated rings. The molecule has 0 atom stereocenters. The van der Waals surface area contributed by atoms with Crippen molar-refractivity contribution in [3.8, 4) is 0 Å². The van der Waals surface area contributed by atoms with E-state index in [1.54, 1.807) is 24.3 Å². The summed E-state index contributed by atoms with van der Waals surface area (Å²) in [5.74, 6) is 1.03. The van der Waals surface area contributed by atoms with E-state index in [1.165, 1.54) is 4.31 Å². The van der Waals surface area contributed by atoms with Crippen LogP contribution in [0.15, 0.2) is 40.9 Å². The molecule has 4 rings (SSSR count). The van der Waals surface area contributed by atoms with Crippen molar-refractivity contribution in [2.45, 2.75) is 19.9 Å². The largest absolute Gasteiger partial charge is 0.360 e. The number of sulfonamides is 1. The van der Waals surface area contributed by atoms with E-state index in [9.17, 15) is 13.2 Å². The molecular weight excluding hydrogens is 404 g/mol. The summed E-state index contributed by atoms with van der Waals surface area (Å²) in [6.45, 7) is 6.05. The van der Waals surface area contributed by atoms with Gasteiger partial charge in [-0.15, -0.1) is 0 Å². The number of carbonyl (C=O) groups is 1. The lowest BCUT2D eigenvalue weighted by atomic mass is 10.2. The first-order valence-electron chi connectivity index (χ1n) is 10.1. The molecule has 2 aliphatic rings. The van der Waals surface area contributed by atoms with Crippen molar-refractivity contribution in [1.82, 2.24) is 15.0 Å². The summed E-state index contributed by atoms with van der Waals surface area (Å²) in [6.07, 6.45) is 4.01. The number of anilines is 1. The summed E-state index contributed by atoms with van der Waals surface area (Å²) >= 11 is 0. The van der Waals surface area contributed by atoms with Crippen LogP contribution < -0.4 is 4.31 Å². The Morgan fingerprint density at radius 2 is 1.87 bits per heavy atom. The van der Waals surface area contributed by atoms with Crippen molar-refractivity contribution < 1.29 is 17.7 Å². The third kappa shape index (κ3) is 4.73. The second-order valence-corrected chi connectivity index (χ2v) is 9.72. The van der Waals surface area contributed by atoms with Gasteiger partial charge in [0.25, 0.3) is 0 Å². The van der Waals surface area contributed by atoms with Gasteiger partial charge in [-0.05, 0) is 37.1 Å². The minimum atomic E-state index is -3.18. The number of amides is 1. The van der Waals surface area contributed by atoms with Gasteiger partial charge in [0.15, 0.2) is 5.76 Å². The number of hydrogen-bond acceptors (Lipinski definition) is 6. The maximum Gasteiger partial charge on any atom is 0.246 e. The molecule has 0 saturated carbocycles. The van der Waals surface area contributed by atoms with Gasteiger partial charge in [0.1, 0.15) is 0 Å².